The van der Waals surface area contributed by atoms with Gasteiger partial charge in [0.2, 0.25) is 0 Å². The van der Waals surface area contributed by atoms with E-state index in [4.69, 9.17) is 0 Å². The van der Waals surface area contributed by atoms with Gasteiger partial charge in [0.1, 0.15) is 0 Å². The average Bonchev–Trinajstić information content (AvgIpc) is 2.14. The Kier molecular flexibility index (Phi) is 3.80. The van der Waals surface area contributed by atoms with E-state index in [9.17, 15) is 0 Å². The van der Waals surface area contributed by atoms with Crippen molar-refractivity contribution in [1.82, 2.24) is 0 Å². The highest BCUT2D eigenvalue weighted by Crippen LogP contribution is 2.13. The van der Waals surface area contributed by atoms with Gasteiger partial charge in [0.05, 0.1) is 5.57 Å². The molecule has 1 aliphatic rings. The third kappa shape index (κ3) is 2.98. The molecule has 0 radical (unpaired) electrons. The second-order valence-corrected chi connectivity index (χ2v) is 3.21. The molecule has 0 aliphatic heterocycles. The first kappa shape index (κ1) is 10.4. The van der Waals surface area contributed by atoms with Crippen LogP contribution in [0.3, 0.4) is 0 Å². The molecule has 0 fully saturated rings. The maximum atomic E-state index is 3.57. The summed E-state index contributed by atoms with van der Waals surface area (Å²) in [4.78, 5) is 0. The zero-order valence-corrected chi connectivity index (χ0v) is 8.72. The molecule has 0 N–H and O–H groups in total. The van der Waals surface area contributed by atoms with Gasteiger partial charge in [-0.1, -0.05) is 36.1 Å². The molecule has 0 heterocycles. The fourth-order valence-electron chi connectivity index (χ4n) is 1.25. The van der Waals surface area contributed by atoms with Crippen LogP contribution in [0, 0.1) is 11.8 Å². The molecule has 0 amide bonds. The molecule has 14 heavy (non-hydrogen) atoms. The van der Waals surface area contributed by atoms with Crippen LogP contribution in [0.25, 0.3) is 0 Å². The van der Waals surface area contributed by atoms with E-state index in [0.717, 1.165) is 17.6 Å². The van der Waals surface area contributed by atoms with Crippen LogP contribution in [0.4, 0.5) is 0 Å². The van der Waals surface area contributed by atoms with Gasteiger partial charge >= 0.3 is 0 Å². The molecule has 0 heteroatoms. The Morgan fingerprint density at radius 3 is 3.00 bits per heavy atom. The van der Waals surface area contributed by atoms with E-state index in [2.05, 4.69) is 50.2 Å². The van der Waals surface area contributed by atoms with Crippen molar-refractivity contribution in [2.24, 2.45) is 0 Å². The maximum Gasteiger partial charge on any atom is 0.0693 e. The smallest absolute Gasteiger partial charge is 0.0693 e. The molecule has 1 rings (SSSR count). The molecule has 0 unspecified atom stereocenters. The van der Waals surface area contributed by atoms with Crippen LogP contribution in [-0.4, -0.2) is 0 Å². The van der Waals surface area contributed by atoms with Crippen molar-refractivity contribution in [2.75, 3.05) is 0 Å². The molecular formula is C14H14. The maximum absolute atomic E-state index is 3.57. The highest BCUT2D eigenvalue weighted by Gasteiger charge is 1.96. The lowest BCUT2D eigenvalue weighted by molar-refractivity contribution is 1.29. The van der Waals surface area contributed by atoms with E-state index in [-0.39, 0.29) is 0 Å². The van der Waals surface area contributed by atoms with E-state index in [1.165, 1.54) is 5.57 Å². The van der Waals surface area contributed by atoms with Gasteiger partial charge < -0.3 is 0 Å². The number of rotatable bonds is 0. The average molecular weight is 182 g/mol. The Bertz CT molecular complexity index is 411. The fraction of sp³-hybridized carbons (Fsp3) is 0.214. The quantitative estimate of drug-likeness (QED) is 0.397. The molecule has 70 valence electrons. The zero-order valence-electron chi connectivity index (χ0n) is 8.72. The second-order valence-electron chi connectivity index (χ2n) is 3.21. The third-order valence-corrected chi connectivity index (χ3v) is 1.94. The van der Waals surface area contributed by atoms with Crippen LogP contribution in [-0.2, 0) is 0 Å². The molecule has 0 saturated carbocycles. The van der Waals surface area contributed by atoms with Gasteiger partial charge in [0.15, 0.2) is 0 Å². The molecule has 0 spiro atoms. The Morgan fingerprint density at radius 1 is 1.50 bits per heavy atom. The Labute approximate surface area is 86.0 Å². The third-order valence-electron chi connectivity index (χ3n) is 1.94. The SMILES string of the molecule is C=CC#CC1=C=CCC=C(C)C=C1C. The molecule has 0 bridgehead atoms. The molecule has 0 aromatic heterocycles. The molecule has 1 aliphatic carbocycles. The highest BCUT2D eigenvalue weighted by molar-refractivity contribution is 5.48. The monoisotopic (exact) mass is 182 g/mol. The fourth-order valence-corrected chi connectivity index (χ4v) is 1.25. The Hall–Kier alpha value is -1.70. The van der Waals surface area contributed by atoms with Crippen LogP contribution in [0.2, 0.25) is 0 Å². The molecule has 0 atom stereocenters. The van der Waals surface area contributed by atoms with Gasteiger partial charge in [-0.2, -0.15) is 0 Å². The van der Waals surface area contributed by atoms with Gasteiger partial charge in [0.25, 0.3) is 0 Å². The van der Waals surface area contributed by atoms with Crippen LogP contribution in [0.5, 0.6) is 0 Å². The van der Waals surface area contributed by atoms with E-state index in [1.807, 2.05) is 6.08 Å². The summed E-state index contributed by atoms with van der Waals surface area (Å²) in [5.41, 5.74) is 6.57. The van der Waals surface area contributed by atoms with Crippen molar-refractivity contribution in [3.63, 3.8) is 0 Å². The summed E-state index contributed by atoms with van der Waals surface area (Å²) in [7, 11) is 0. The standard InChI is InChI=1S/C14H14/c1-4-5-9-14-10-7-6-8-12(2)11-13(14)3/h4,7-8,11H,1,6H2,2-3H3. The summed E-state index contributed by atoms with van der Waals surface area (Å²) in [6.45, 7) is 7.72. The van der Waals surface area contributed by atoms with Crippen LogP contribution >= 0.6 is 0 Å². The molecule has 0 nitrogen and oxygen atoms in total. The van der Waals surface area contributed by atoms with Crippen LogP contribution < -0.4 is 0 Å². The number of allylic oxidation sites excluding steroid dienone is 6. The van der Waals surface area contributed by atoms with Crippen molar-refractivity contribution in [3.05, 3.63) is 53.3 Å². The predicted molar refractivity (Wildman–Crippen MR) is 61.7 cm³/mol. The van der Waals surface area contributed by atoms with Gasteiger partial charge in [-0.15, -0.1) is 5.73 Å². The zero-order chi connectivity index (χ0) is 10.4. The number of hydrogen-bond donors (Lipinski definition) is 0. The first-order chi connectivity index (χ1) is 6.74. The summed E-state index contributed by atoms with van der Waals surface area (Å²) in [6, 6.07) is 0. The van der Waals surface area contributed by atoms with Gasteiger partial charge in [-0.25, -0.2) is 0 Å². The Balaban J connectivity index is 3.10. The Morgan fingerprint density at radius 2 is 2.29 bits per heavy atom. The van der Waals surface area contributed by atoms with Crippen molar-refractivity contribution in [2.45, 2.75) is 20.3 Å². The van der Waals surface area contributed by atoms with Gasteiger partial charge in [-0.05, 0) is 38.0 Å². The minimum absolute atomic E-state index is 0.925. The van der Waals surface area contributed by atoms with E-state index >= 15 is 0 Å². The lowest BCUT2D eigenvalue weighted by Gasteiger charge is -2.00. The van der Waals surface area contributed by atoms with Gasteiger partial charge in [0, 0.05) is 0 Å². The van der Waals surface area contributed by atoms with E-state index in [1.54, 1.807) is 6.08 Å². The normalized spacial score (nSPS) is 15.1. The summed E-state index contributed by atoms with van der Waals surface area (Å²) < 4.78 is 0. The lowest BCUT2D eigenvalue weighted by Crippen LogP contribution is -1.84. The highest BCUT2D eigenvalue weighted by atomic mass is 14.0. The van der Waals surface area contributed by atoms with Crippen molar-refractivity contribution < 1.29 is 0 Å². The minimum atomic E-state index is 0.925. The molecule has 0 aromatic carbocycles. The molecule has 0 saturated heterocycles. The van der Waals surface area contributed by atoms with Crippen LogP contribution in [0.15, 0.2) is 53.3 Å². The van der Waals surface area contributed by atoms with E-state index in [0.29, 0.717) is 0 Å². The first-order valence-corrected chi connectivity index (χ1v) is 4.67. The molecule has 0 aromatic rings. The minimum Gasteiger partial charge on any atom is -0.107 e. The van der Waals surface area contributed by atoms with Crippen molar-refractivity contribution in [1.29, 1.82) is 0 Å². The summed E-state index contributed by atoms with van der Waals surface area (Å²) in [5.74, 6) is 5.87. The summed E-state index contributed by atoms with van der Waals surface area (Å²) in [6.07, 6.45) is 8.84. The first-order valence-electron chi connectivity index (χ1n) is 4.67. The topological polar surface area (TPSA) is 0 Å². The van der Waals surface area contributed by atoms with Crippen molar-refractivity contribution >= 4 is 0 Å². The number of hydrogen-bond acceptors (Lipinski definition) is 0. The largest absolute Gasteiger partial charge is 0.107 e. The summed E-state index contributed by atoms with van der Waals surface area (Å²) >= 11 is 0. The summed E-state index contributed by atoms with van der Waals surface area (Å²) in [5, 5.41) is 0. The second kappa shape index (κ2) is 5.12. The predicted octanol–water partition coefficient (Wildman–Crippen LogP) is 3.55. The van der Waals surface area contributed by atoms with Crippen LogP contribution in [0.1, 0.15) is 20.3 Å². The van der Waals surface area contributed by atoms with E-state index < -0.39 is 0 Å². The molecular weight excluding hydrogens is 168 g/mol. The van der Waals surface area contributed by atoms with Crippen molar-refractivity contribution in [3.8, 4) is 11.8 Å². The van der Waals surface area contributed by atoms with Gasteiger partial charge in [-0.3, -0.25) is 0 Å². The lowest BCUT2D eigenvalue weighted by atomic mass is 10.0.